The second-order valence-corrected chi connectivity index (χ2v) is 9.15. The molecule has 1 heterocycles. The van der Waals surface area contributed by atoms with E-state index in [2.05, 4.69) is 5.32 Å². The number of hydrogen-bond donors (Lipinski definition) is 5. The highest BCUT2D eigenvalue weighted by Crippen LogP contribution is 2.31. The maximum absolute atomic E-state index is 12.3. The van der Waals surface area contributed by atoms with Gasteiger partial charge in [-0.25, -0.2) is 4.79 Å². The van der Waals surface area contributed by atoms with E-state index < -0.39 is 48.1 Å². The number of amides is 1. The zero-order valence-corrected chi connectivity index (χ0v) is 19.1. The van der Waals surface area contributed by atoms with Crippen molar-refractivity contribution in [2.45, 2.75) is 71.9 Å². The molecule has 1 amide bonds. The smallest absolute Gasteiger partial charge is 0.335 e. The van der Waals surface area contributed by atoms with Crippen molar-refractivity contribution < 1.29 is 49.0 Å². The Morgan fingerprint density at radius 2 is 1.73 bits per heavy atom. The minimum Gasteiger partial charge on any atom is -0.479 e. The predicted octanol–water partition coefficient (Wildman–Crippen LogP) is 0.641. The number of hydrogen-bond acceptors (Lipinski definition) is 9. The summed E-state index contributed by atoms with van der Waals surface area (Å²) in [6, 6.07) is 4.46. The van der Waals surface area contributed by atoms with Gasteiger partial charge < -0.3 is 40.0 Å². The highest BCUT2D eigenvalue weighted by Gasteiger charge is 2.48. The maximum Gasteiger partial charge on any atom is 0.335 e. The number of rotatable bonds is 7. The lowest BCUT2D eigenvalue weighted by Gasteiger charge is -2.38. The molecule has 11 nitrogen and oxygen atoms in total. The molecule has 11 heteroatoms. The summed E-state index contributed by atoms with van der Waals surface area (Å²) in [5.74, 6) is -2.70. The summed E-state index contributed by atoms with van der Waals surface area (Å²) in [5.41, 5.74) is -0.0116. The second kappa shape index (κ2) is 10.5. The molecule has 184 valence electrons. The Morgan fingerprint density at radius 1 is 1.09 bits per heavy atom. The molecule has 1 saturated heterocycles. The lowest BCUT2D eigenvalue weighted by atomic mass is 9.97. The largest absolute Gasteiger partial charge is 0.479 e. The first-order valence-electron chi connectivity index (χ1n) is 10.4. The van der Waals surface area contributed by atoms with Gasteiger partial charge in [-0.2, -0.15) is 0 Å². The van der Waals surface area contributed by atoms with E-state index in [1.807, 2.05) is 0 Å². The second-order valence-electron chi connectivity index (χ2n) is 9.15. The van der Waals surface area contributed by atoms with Crippen LogP contribution < -0.4 is 10.1 Å². The lowest BCUT2D eigenvalue weighted by molar-refractivity contribution is -0.271. The van der Waals surface area contributed by atoms with Gasteiger partial charge in [0.15, 0.2) is 6.10 Å². The molecule has 2 rings (SSSR count). The molecule has 5 N–H and O–H groups in total. The Labute approximate surface area is 191 Å². The molecule has 1 aromatic carbocycles. The molecule has 1 aliphatic heterocycles. The molecule has 0 unspecified atom stereocenters. The first-order chi connectivity index (χ1) is 15.2. The molecule has 0 aliphatic carbocycles. The molecule has 0 bridgehead atoms. The Morgan fingerprint density at radius 3 is 2.27 bits per heavy atom. The normalized spacial score (nSPS) is 25.4. The van der Waals surface area contributed by atoms with Gasteiger partial charge in [0.25, 0.3) is 0 Å². The summed E-state index contributed by atoms with van der Waals surface area (Å²) in [5, 5.41) is 41.9. The van der Waals surface area contributed by atoms with Crippen molar-refractivity contribution in [2.75, 3.05) is 5.32 Å². The fraction of sp³-hybridized carbons (Fsp3) is 0.591. The number of aliphatic hydroxyl groups is 3. The molecule has 0 spiro atoms. The standard InChI is InChI=1S/C22H31NO10/c1-10(2)18(27)23-12-8-11(9-31-21(30)22(3,4)5)6-7-13(12)32-20-16(26)14(24)15(25)17(33-20)19(28)29/h6-8,10,14-17,20,24-26H,9H2,1-5H3,(H,23,27)(H,28,29)/t14-,15-,16+,17-,20+/m0/s1. The van der Waals surface area contributed by atoms with Crippen molar-refractivity contribution in [1.29, 1.82) is 0 Å². The van der Waals surface area contributed by atoms with Crippen LogP contribution in [0.25, 0.3) is 0 Å². The number of ether oxygens (including phenoxy) is 3. The van der Waals surface area contributed by atoms with Gasteiger partial charge in [-0.1, -0.05) is 19.9 Å². The van der Waals surface area contributed by atoms with Crippen LogP contribution >= 0.6 is 0 Å². The van der Waals surface area contributed by atoms with Crippen molar-refractivity contribution in [3.63, 3.8) is 0 Å². The summed E-state index contributed by atoms with van der Waals surface area (Å²) in [6.45, 7) is 8.42. The maximum atomic E-state index is 12.3. The van der Waals surface area contributed by atoms with Crippen LogP contribution in [0.3, 0.4) is 0 Å². The fourth-order valence-electron chi connectivity index (χ4n) is 2.78. The average Bonchev–Trinajstić information content (AvgIpc) is 2.72. The molecule has 1 aromatic rings. The highest BCUT2D eigenvalue weighted by atomic mass is 16.7. The van der Waals surface area contributed by atoms with Gasteiger partial charge in [0.1, 0.15) is 30.7 Å². The minimum absolute atomic E-state index is 0.00618. The van der Waals surface area contributed by atoms with E-state index in [1.54, 1.807) is 40.7 Å². The van der Waals surface area contributed by atoms with E-state index in [0.29, 0.717) is 5.56 Å². The van der Waals surface area contributed by atoms with E-state index in [9.17, 15) is 34.8 Å². The van der Waals surface area contributed by atoms with E-state index in [0.717, 1.165) is 0 Å². The molecular formula is C22H31NO10. The number of esters is 1. The number of aliphatic carboxylic acids is 1. The lowest BCUT2D eigenvalue weighted by Crippen LogP contribution is -2.61. The third-order valence-electron chi connectivity index (χ3n) is 4.86. The van der Waals surface area contributed by atoms with Crippen molar-refractivity contribution in [3.05, 3.63) is 23.8 Å². The molecule has 0 saturated carbocycles. The Kier molecular flexibility index (Phi) is 8.41. The van der Waals surface area contributed by atoms with Gasteiger partial charge in [0.05, 0.1) is 11.1 Å². The first kappa shape index (κ1) is 26.5. The van der Waals surface area contributed by atoms with E-state index in [4.69, 9.17) is 14.2 Å². The van der Waals surface area contributed by atoms with Gasteiger partial charge in [0, 0.05) is 5.92 Å². The van der Waals surface area contributed by atoms with Crippen molar-refractivity contribution in [3.8, 4) is 5.75 Å². The first-order valence-corrected chi connectivity index (χ1v) is 10.4. The van der Waals surface area contributed by atoms with Crippen LogP contribution in [0.4, 0.5) is 5.69 Å². The van der Waals surface area contributed by atoms with Crippen LogP contribution in [-0.2, 0) is 30.5 Å². The average molecular weight is 469 g/mol. The van der Waals surface area contributed by atoms with Crippen molar-refractivity contribution in [2.24, 2.45) is 11.3 Å². The molecular weight excluding hydrogens is 438 g/mol. The van der Waals surface area contributed by atoms with Crippen LogP contribution in [0.15, 0.2) is 18.2 Å². The fourth-order valence-corrected chi connectivity index (χ4v) is 2.78. The minimum atomic E-state index is -1.86. The molecule has 0 aromatic heterocycles. The highest BCUT2D eigenvalue weighted by molar-refractivity contribution is 5.93. The van der Waals surface area contributed by atoms with Crippen LogP contribution in [0, 0.1) is 11.3 Å². The molecule has 5 atom stereocenters. The molecule has 1 aliphatic rings. The van der Waals surface area contributed by atoms with Crippen LogP contribution in [0.5, 0.6) is 5.75 Å². The summed E-state index contributed by atoms with van der Waals surface area (Å²) in [6.07, 6.45) is -8.95. The number of carboxylic acids is 1. The van der Waals surface area contributed by atoms with Crippen LogP contribution in [-0.4, -0.2) is 69.0 Å². The monoisotopic (exact) mass is 469 g/mol. The third-order valence-corrected chi connectivity index (χ3v) is 4.86. The molecule has 1 fully saturated rings. The van der Waals surface area contributed by atoms with Gasteiger partial charge >= 0.3 is 11.9 Å². The number of carbonyl (C=O) groups excluding carboxylic acids is 2. The van der Waals surface area contributed by atoms with Crippen molar-refractivity contribution in [1.82, 2.24) is 0 Å². The summed E-state index contributed by atoms with van der Waals surface area (Å²) in [7, 11) is 0. The SMILES string of the molecule is CC(C)C(=O)Nc1cc(COC(=O)C(C)(C)C)ccc1O[C@@H]1O[C@H](C(=O)O)[C@@H](O)[C@H](O)[C@H]1O. The van der Waals surface area contributed by atoms with Crippen LogP contribution in [0.2, 0.25) is 0 Å². The molecule has 33 heavy (non-hydrogen) atoms. The predicted molar refractivity (Wildman–Crippen MR) is 114 cm³/mol. The Bertz CT molecular complexity index is 878. The zero-order valence-electron chi connectivity index (χ0n) is 19.1. The van der Waals surface area contributed by atoms with Gasteiger partial charge in [-0.15, -0.1) is 0 Å². The quantitative estimate of drug-likeness (QED) is 0.357. The number of benzene rings is 1. The molecule has 0 radical (unpaired) electrons. The number of carbonyl (C=O) groups is 3. The topological polar surface area (TPSA) is 172 Å². The van der Waals surface area contributed by atoms with E-state index in [-0.39, 0.29) is 29.9 Å². The number of aliphatic hydroxyl groups excluding tert-OH is 3. The third kappa shape index (κ3) is 6.64. The Balaban J connectivity index is 2.29. The van der Waals surface area contributed by atoms with Gasteiger partial charge in [0.2, 0.25) is 12.2 Å². The number of nitrogens with one attached hydrogen (secondary N) is 1. The van der Waals surface area contributed by atoms with E-state index >= 15 is 0 Å². The van der Waals surface area contributed by atoms with Crippen molar-refractivity contribution >= 4 is 23.5 Å². The summed E-state index contributed by atoms with van der Waals surface area (Å²) >= 11 is 0. The Hall–Kier alpha value is -2.73. The number of carboxylic acid groups (broad SMARTS) is 1. The van der Waals surface area contributed by atoms with Crippen LogP contribution in [0.1, 0.15) is 40.2 Å². The summed E-state index contributed by atoms with van der Waals surface area (Å²) in [4.78, 5) is 35.6. The number of anilines is 1. The van der Waals surface area contributed by atoms with Gasteiger partial charge in [-0.3, -0.25) is 9.59 Å². The van der Waals surface area contributed by atoms with Gasteiger partial charge in [-0.05, 0) is 38.5 Å². The zero-order chi connectivity index (χ0) is 25.1. The van der Waals surface area contributed by atoms with E-state index in [1.165, 1.54) is 12.1 Å². The summed E-state index contributed by atoms with van der Waals surface area (Å²) < 4.78 is 16.0.